The third-order valence-corrected chi connectivity index (χ3v) is 4.72. The average Bonchev–Trinajstić information content (AvgIpc) is 3.01. The summed E-state index contributed by atoms with van der Waals surface area (Å²) >= 11 is 0. The van der Waals surface area contributed by atoms with Crippen LogP contribution in [0.5, 0.6) is 0 Å². The van der Waals surface area contributed by atoms with Crippen LogP contribution < -0.4 is 11.1 Å². The van der Waals surface area contributed by atoms with E-state index in [0.29, 0.717) is 5.92 Å². The molecule has 0 aromatic heterocycles. The molecule has 0 radical (unpaired) electrons. The smallest absolute Gasteiger partial charge is 0.312 e. The van der Waals surface area contributed by atoms with Crippen LogP contribution >= 0.6 is 0 Å². The Morgan fingerprint density at radius 2 is 2.05 bits per heavy atom. The van der Waals surface area contributed by atoms with Crippen LogP contribution in [0.1, 0.15) is 17.5 Å². The Morgan fingerprint density at radius 3 is 2.57 bits per heavy atom. The standard InChI is InChI=1S/C16H23N3O2/c17-15(21)18-16(11-19-6-5-12(9-19)10-20)7-13-3-1-2-4-14(13)8-16/h1-4,12,20H,5-11H2,(H3,17,18,21). The summed E-state index contributed by atoms with van der Waals surface area (Å²) in [6, 6.07) is 7.87. The Balaban J connectivity index is 1.75. The second-order valence-corrected chi connectivity index (χ2v) is 6.46. The van der Waals surface area contributed by atoms with Gasteiger partial charge in [-0.1, -0.05) is 24.3 Å². The lowest BCUT2D eigenvalue weighted by Gasteiger charge is -2.34. The summed E-state index contributed by atoms with van der Waals surface area (Å²) in [5.41, 5.74) is 7.70. The molecule has 5 heteroatoms. The van der Waals surface area contributed by atoms with Crippen LogP contribution in [0, 0.1) is 5.92 Å². The van der Waals surface area contributed by atoms with E-state index in [1.165, 1.54) is 11.1 Å². The van der Waals surface area contributed by atoms with Gasteiger partial charge in [-0.25, -0.2) is 4.79 Å². The highest BCUT2D eigenvalue weighted by atomic mass is 16.3. The Hall–Kier alpha value is -1.59. The fourth-order valence-electron chi connectivity index (χ4n) is 3.83. The van der Waals surface area contributed by atoms with Crippen molar-refractivity contribution in [2.24, 2.45) is 11.7 Å². The minimum atomic E-state index is -0.458. The van der Waals surface area contributed by atoms with E-state index in [-0.39, 0.29) is 12.1 Å². The molecular formula is C16H23N3O2. The number of benzene rings is 1. The molecule has 0 saturated carbocycles. The Bertz CT molecular complexity index is 507. The molecule has 5 nitrogen and oxygen atoms in total. The number of nitrogens with zero attached hydrogens (tertiary/aromatic N) is 1. The van der Waals surface area contributed by atoms with Gasteiger partial charge in [-0.3, -0.25) is 0 Å². The van der Waals surface area contributed by atoms with Gasteiger partial charge in [-0.05, 0) is 42.9 Å². The topological polar surface area (TPSA) is 78.6 Å². The lowest BCUT2D eigenvalue weighted by atomic mass is 9.95. The summed E-state index contributed by atoms with van der Waals surface area (Å²) in [6.45, 7) is 2.91. The molecule has 1 saturated heterocycles. The number of carbonyl (C=O) groups is 1. The third-order valence-electron chi connectivity index (χ3n) is 4.72. The second kappa shape index (κ2) is 5.66. The predicted molar refractivity (Wildman–Crippen MR) is 80.9 cm³/mol. The number of hydrogen-bond donors (Lipinski definition) is 3. The van der Waals surface area contributed by atoms with Gasteiger partial charge in [0.25, 0.3) is 0 Å². The van der Waals surface area contributed by atoms with Crippen LogP contribution in [0.25, 0.3) is 0 Å². The highest BCUT2D eigenvalue weighted by molar-refractivity contribution is 5.73. The minimum absolute atomic E-state index is 0.243. The maximum absolute atomic E-state index is 11.5. The third kappa shape index (κ3) is 3.04. The number of fused-ring (bicyclic) bond motifs is 1. The summed E-state index contributed by atoms with van der Waals surface area (Å²) < 4.78 is 0. The summed E-state index contributed by atoms with van der Waals surface area (Å²) in [5, 5.41) is 12.3. The first-order valence-corrected chi connectivity index (χ1v) is 7.58. The summed E-state index contributed by atoms with van der Waals surface area (Å²) in [4.78, 5) is 13.8. The first-order valence-electron chi connectivity index (χ1n) is 7.58. The van der Waals surface area contributed by atoms with Crippen molar-refractivity contribution in [3.63, 3.8) is 0 Å². The van der Waals surface area contributed by atoms with E-state index in [1.807, 2.05) is 12.1 Å². The predicted octanol–water partition coefficient (Wildman–Crippen LogP) is 0.507. The normalized spacial score (nSPS) is 24.0. The van der Waals surface area contributed by atoms with Gasteiger partial charge in [0.15, 0.2) is 0 Å². The van der Waals surface area contributed by atoms with Crippen molar-refractivity contribution in [1.29, 1.82) is 0 Å². The molecule has 1 atom stereocenters. The molecule has 0 bridgehead atoms. The van der Waals surface area contributed by atoms with E-state index in [9.17, 15) is 9.90 Å². The SMILES string of the molecule is NC(=O)NC1(CN2CCC(CO)C2)Cc2ccccc2C1. The largest absolute Gasteiger partial charge is 0.396 e. The molecule has 1 fully saturated rings. The molecule has 1 unspecified atom stereocenters. The number of urea groups is 1. The number of amides is 2. The molecule has 1 heterocycles. The van der Waals surface area contributed by atoms with Gasteiger partial charge in [0.05, 0.1) is 5.54 Å². The zero-order valence-electron chi connectivity index (χ0n) is 12.2. The lowest BCUT2D eigenvalue weighted by Crippen LogP contribution is -2.57. The van der Waals surface area contributed by atoms with Crippen molar-refractivity contribution in [2.75, 3.05) is 26.2 Å². The minimum Gasteiger partial charge on any atom is -0.396 e. The Morgan fingerprint density at radius 1 is 1.38 bits per heavy atom. The van der Waals surface area contributed by atoms with Crippen molar-refractivity contribution < 1.29 is 9.90 Å². The van der Waals surface area contributed by atoms with E-state index in [1.54, 1.807) is 0 Å². The molecular weight excluding hydrogens is 266 g/mol. The van der Waals surface area contributed by atoms with E-state index >= 15 is 0 Å². The maximum Gasteiger partial charge on any atom is 0.312 e. The number of aliphatic hydroxyl groups excluding tert-OH is 1. The van der Waals surface area contributed by atoms with Crippen molar-refractivity contribution in [3.05, 3.63) is 35.4 Å². The number of primary amides is 1. The van der Waals surface area contributed by atoms with Crippen LogP contribution in [-0.2, 0) is 12.8 Å². The van der Waals surface area contributed by atoms with Crippen LogP contribution in [0.2, 0.25) is 0 Å². The van der Waals surface area contributed by atoms with E-state index in [2.05, 4.69) is 22.3 Å². The van der Waals surface area contributed by atoms with Crippen LogP contribution in [0.4, 0.5) is 4.79 Å². The quantitative estimate of drug-likeness (QED) is 0.755. The molecule has 2 aliphatic rings. The Kier molecular flexibility index (Phi) is 3.87. The zero-order valence-corrected chi connectivity index (χ0v) is 12.2. The number of carbonyl (C=O) groups excluding carboxylic acids is 1. The molecule has 0 spiro atoms. The van der Waals surface area contributed by atoms with E-state index in [0.717, 1.165) is 38.9 Å². The van der Waals surface area contributed by atoms with Gasteiger partial charge in [0.1, 0.15) is 0 Å². The fourth-order valence-corrected chi connectivity index (χ4v) is 3.83. The molecule has 1 aromatic carbocycles. The second-order valence-electron chi connectivity index (χ2n) is 6.46. The maximum atomic E-state index is 11.5. The van der Waals surface area contributed by atoms with Gasteiger partial charge in [-0.15, -0.1) is 0 Å². The van der Waals surface area contributed by atoms with E-state index < -0.39 is 6.03 Å². The summed E-state index contributed by atoms with van der Waals surface area (Å²) in [7, 11) is 0. The van der Waals surface area contributed by atoms with Gasteiger partial charge >= 0.3 is 6.03 Å². The van der Waals surface area contributed by atoms with Crippen LogP contribution in [0.3, 0.4) is 0 Å². The monoisotopic (exact) mass is 289 g/mol. The van der Waals surface area contributed by atoms with Gasteiger partial charge in [-0.2, -0.15) is 0 Å². The molecule has 4 N–H and O–H groups in total. The Labute approximate surface area is 125 Å². The molecule has 21 heavy (non-hydrogen) atoms. The number of likely N-dealkylation sites (tertiary alicyclic amines) is 1. The van der Waals surface area contributed by atoms with Gasteiger partial charge in [0, 0.05) is 19.7 Å². The number of aliphatic hydroxyl groups is 1. The summed E-state index contributed by atoms with van der Waals surface area (Å²) in [6.07, 6.45) is 2.68. The highest BCUT2D eigenvalue weighted by Gasteiger charge is 2.40. The number of hydrogen-bond acceptors (Lipinski definition) is 3. The lowest BCUT2D eigenvalue weighted by molar-refractivity contribution is 0.186. The molecule has 1 aliphatic heterocycles. The zero-order chi connectivity index (χ0) is 14.9. The molecule has 3 rings (SSSR count). The van der Waals surface area contributed by atoms with Crippen molar-refractivity contribution in [1.82, 2.24) is 10.2 Å². The molecule has 1 aliphatic carbocycles. The van der Waals surface area contributed by atoms with E-state index in [4.69, 9.17) is 5.73 Å². The van der Waals surface area contributed by atoms with Crippen LogP contribution in [-0.4, -0.2) is 47.8 Å². The van der Waals surface area contributed by atoms with Gasteiger partial charge in [0.2, 0.25) is 0 Å². The number of nitrogens with two attached hydrogens (primary N) is 1. The number of rotatable bonds is 4. The van der Waals surface area contributed by atoms with Crippen molar-refractivity contribution in [3.8, 4) is 0 Å². The summed E-state index contributed by atoms with van der Waals surface area (Å²) in [5.74, 6) is 0.361. The molecule has 2 amide bonds. The van der Waals surface area contributed by atoms with Gasteiger partial charge < -0.3 is 21.1 Å². The first kappa shape index (κ1) is 14.4. The first-order chi connectivity index (χ1) is 10.1. The fraction of sp³-hybridized carbons (Fsp3) is 0.562. The van der Waals surface area contributed by atoms with Crippen molar-refractivity contribution in [2.45, 2.75) is 24.8 Å². The van der Waals surface area contributed by atoms with Crippen LogP contribution in [0.15, 0.2) is 24.3 Å². The molecule has 114 valence electrons. The van der Waals surface area contributed by atoms with Crippen molar-refractivity contribution >= 4 is 6.03 Å². The number of nitrogens with one attached hydrogen (secondary N) is 1. The highest BCUT2D eigenvalue weighted by Crippen LogP contribution is 2.32. The average molecular weight is 289 g/mol. The molecule has 1 aromatic rings.